The van der Waals surface area contributed by atoms with E-state index >= 15 is 0 Å². The zero-order valence-electron chi connectivity index (χ0n) is 12.1. The van der Waals surface area contributed by atoms with Crippen LogP contribution in [-0.2, 0) is 6.54 Å². The van der Waals surface area contributed by atoms with Crippen molar-refractivity contribution in [3.8, 4) is 0 Å². The molecule has 110 valence electrons. The van der Waals surface area contributed by atoms with E-state index in [1.54, 1.807) is 38.1 Å². The van der Waals surface area contributed by atoms with Gasteiger partial charge in [0, 0.05) is 26.2 Å². The highest BCUT2D eigenvalue weighted by Gasteiger charge is 2.17. The molecule has 0 aliphatic rings. The number of amides is 2. The highest BCUT2D eigenvalue weighted by Crippen LogP contribution is 2.14. The van der Waals surface area contributed by atoms with Crippen molar-refractivity contribution in [2.75, 3.05) is 14.1 Å². The summed E-state index contributed by atoms with van der Waals surface area (Å²) in [5, 5.41) is 6.41. The highest BCUT2D eigenvalue weighted by atomic mass is 32.1. The molecule has 1 aromatic heterocycles. The Morgan fingerprint density at radius 2 is 1.95 bits per heavy atom. The maximum Gasteiger partial charge on any atom is 0.267 e. The number of hydrogen-bond donors (Lipinski definition) is 1. The van der Waals surface area contributed by atoms with Crippen LogP contribution < -0.4 is 5.32 Å². The van der Waals surface area contributed by atoms with Gasteiger partial charge in [0.05, 0.1) is 5.69 Å². The molecule has 2 amide bonds. The second kappa shape index (κ2) is 6.45. The van der Waals surface area contributed by atoms with E-state index in [2.05, 4.69) is 14.9 Å². The molecule has 2 aromatic rings. The molecule has 0 unspecified atom stereocenters. The fraction of sp³-hybridized carbons (Fsp3) is 0.286. The first-order valence-corrected chi connectivity index (χ1v) is 7.15. The van der Waals surface area contributed by atoms with Gasteiger partial charge in [0.2, 0.25) is 0 Å². The number of benzene rings is 1. The van der Waals surface area contributed by atoms with Gasteiger partial charge in [-0.05, 0) is 36.2 Å². The van der Waals surface area contributed by atoms with Crippen molar-refractivity contribution in [3.05, 3.63) is 46.0 Å². The first-order valence-electron chi connectivity index (χ1n) is 6.38. The van der Waals surface area contributed by atoms with Crippen molar-refractivity contribution in [2.45, 2.75) is 13.5 Å². The van der Waals surface area contributed by atoms with Gasteiger partial charge < -0.3 is 10.2 Å². The lowest BCUT2D eigenvalue weighted by Gasteiger charge is -2.16. The van der Waals surface area contributed by atoms with Crippen LogP contribution in [0.25, 0.3) is 0 Å². The highest BCUT2D eigenvalue weighted by molar-refractivity contribution is 7.07. The second-order valence-electron chi connectivity index (χ2n) is 4.62. The van der Waals surface area contributed by atoms with Crippen molar-refractivity contribution < 1.29 is 9.59 Å². The average Bonchev–Trinajstić information content (AvgIpc) is 2.92. The molecule has 6 nitrogen and oxygen atoms in total. The van der Waals surface area contributed by atoms with Crippen LogP contribution in [-0.4, -0.2) is 40.4 Å². The summed E-state index contributed by atoms with van der Waals surface area (Å²) in [7, 11) is 3.32. The topological polar surface area (TPSA) is 75.2 Å². The van der Waals surface area contributed by atoms with Gasteiger partial charge in [-0.1, -0.05) is 16.6 Å². The first kappa shape index (κ1) is 15.1. The van der Waals surface area contributed by atoms with Gasteiger partial charge in [-0.2, -0.15) is 0 Å². The summed E-state index contributed by atoms with van der Waals surface area (Å²) in [6, 6.07) is 7.16. The standard InChI is InChI=1S/C14H16N4O2S/c1-9-12(21-17-16-9)14(20)18(3)8-10-4-6-11(7-5-10)13(19)15-2/h4-7H,8H2,1-3H3,(H,15,19). The number of nitrogens with one attached hydrogen (secondary N) is 1. The Bertz CT molecular complexity index is 651. The van der Waals surface area contributed by atoms with Gasteiger partial charge in [0.1, 0.15) is 4.88 Å². The van der Waals surface area contributed by atoms with Crippen LogP contribution in [0.15, 0.2) is 24.3 Å². The van der Waals surface area contributed by atoms with Crippen LogP contribution >= 0.6 is 11.5 Å². The number of aromatic nitrogens is 2. The Labute approximate surface area is 127 Å². The third-order valence-electron chi connectivity index (χ3n) is 3.06. The summed E-state index contributed by atoms with van der Waals surface area (Å²) in [4.78, 5) is 25.9. The van der Waals surface area contributed by atoms with Crippen molar-refractivity contribution in [2.24, 2.45) is 0 Å². The molecule has 0 radical (unpaired) electrons. The number of carbonyl (C=O) groups excluding carboxylic acids is 2. The number of hydrogen-bond acceptors (Lipinski definition) is 5. The van der Waals surface area contributed by atoms with Crippen molar-refractivity contribution in [3.63, 3.8) is 0 Å². The zero-order valence-corrected chi connectivity index (χ0v) is 12.9. The summed E-state index contributed by atoms with van der Waals surface area (Å²) in [6.07, 6.45) is 0. The van der Waals surface area contributed by atoms with Crippen LogP contribution in [0.4, 0.5) is 0 Å². The number of aryl methyl sites for hydroxylation is 1. The summed E-state index contributed by atoms with van der Waals surface area (Å²) in [5.41, 5.74) is 2.19. The van der Waals surface area contributed by atoms with E-state index in [0.717, 1.165) is 17.1 Å². The fourth-order valence-corrected chi connectivity index (χ4v) is 2.50. The number of rotatable bonds is 4. The molecule has 7 heteroatoms. The van der Waals surface area contributed by atoms with Gasteiger partial charge in [-0.15, -0.1) is 5.10 Å². The lowest BCUT2D eigenvalue weighted by molar-refractivity contribution is 0.0788. The van der Waals surface area contributed by atoms with Crippen LogP contribution in [0, 0.1) is 6.92 Å². The third kappa shape index (κ3) is 3.43. The number of nitrogens with zero attached hydrogens (tertiary/aromatic N) is 3. The molecular formula is C14H16N4O2S. The molecule has 0 spiro atoms. The largest absolute Gasteiger partial charge is 0.355 e. The molecule has 0 aliphatic heterocycles. The molecule has 2 rings (SSSR count). The molecule has 21 heavy (non-hydrogen) atoms. The Balaban J connectivity index is 2.06. The van der Waals surface area contributed by atoms with E-state index in [0.29, 0.717) is 22.7 Å². The summed E-state index contributed by atoms with van der Waals surface area (Å²) < 4.78 is 3.77. The van der Waals surface area contributed by atoms with Gasteiger partial charge in [0.25, 0.3) is 11.8 Å². The minimum Gasteiger partial charge on any atom is -0.355 e. The Hall–Kier alpha value is -2.28. The van der Waals surface area contributed by atoms with E-state index in [4.69, 9.17) is 0 Å². The van der Waals surface area contributed by atoms with E-state index in [1.165, 1.54) is 0 Å². The van der Waals surface area contributed by atoms with Gasteiger partial charge in [0.15, 0.2) is 0 Å². The number of carbonyl (C=O) groups is 2. The summed E-state index contributed by atoms with van der Waals surface area (Å²) in [5.74, 6) is -0.227. The van der Waals surface area contributed by atoms with E-state index in [1.807, 2.05) is 12.1 Å². The monoisotopic (exact) mass is 304 g/mol. The molecule has 1 N–H and O–H groups in total. The zero-order chi connectivity index (χ0) is 15.4. The maximum atomic E-state index is 12.2. The lowest BCUT2D eigenvalue weighted by atomic mass is 10.1. The molecule has 0 saturated heterocycles. The predicted molar refractivity (Wildman–Crippen MR) is 80.3 cm³/mol. The normalized spacial score (nSPS) is 10.2. The molecule has 1 heterocycles. The molecule has 0 fully saturated rings. The smallest absolute Gasteiger partial charge is 0.267 e. The second-order valence-corrected chi connectivity index (χ2v) is 5.38. The quantitative estimate of drug-likeness (QED) is 0.928. The van der Waals surface area contributed by atoms with Gasteiger partial charge >= 0.3 is 0 Å². The van der Waals surface area contributed by atoms with E-state index in [-0.39, 0.29) is 11.8 Å². The molecule has 0 saturated carbocycles. The molecular weight excluding hydrogens is 288 g/mol. The van der Waals surface area contributed by atoms with Crippen molar-refractivity contribution in [1.29, 1.82) is 0 Å². The average molecular weight is 304 g/mol. The van der Waals surface area contributed by atoms with Crippen LogP contribution in [0.1, 0.15) is 31.3 Å². The summed E-state index contributed by atoms with van der Waals surface area (Å²) >= 11 is 1.10. The van der Waals surface area contributed by atoms with Gasteiger partial charge in [-0.3, -0.25) is 9.59 Å². The fourth-order valence-electron chi connectivity index (χ4n) is 1.85. The summed E-state index contributed by atoms with van der Waals surface area (Å²) in [6.45, 7) is 2.23. The van der Waals surface area contributed by atoms with Crippen LogP contribution in [0.5, 0.6) is 0 Å². The minimum atomic E-state index is -0.127. The molecule has 1 aromatic carbocycles. The maximum absolute atomic E-state index is 12.2. The van der Waals surface area contributed by atoms with Crippen molar-refractivity contribution >= 4 is 23.3 Å². The lowest BCUT2D eigenvalue weighted by Crippen LogP contribution is -2.26. The van der Waals surface area contributed by atoms with Crippen LogP contribution in [0.3, 0.4) is 0 Å². The van der Waals surface area contributed by atoms with Crippen molar-refractivity contribution in [1.82, 2.24) is 19.8 Å². The van der Waals surface area contributed by atoms with Crippen LogP contribution in [0.2, 0.25) is 0 Å². The molecule has 0 bridgehead atoms. The Morgan fingerprint density at radius 3 is 2.48 bits per heavy atom. The predicted octanol–water partition coefficient (Wildman–Crippen LogP) is 1.48. The van der Waals surface area contributed by atoms with E-state index in [9.17, 15) is 9.59 Å². The Morgan fingerprint density at radius 1 is 1.29 bits per heavy atom. The van der Waals surface area contributed by atoms with E-state index < -0.39 is 0 Å². The third-order valence-corrected chi connectivity index (χ3v) is 3.87. The SMILES string of the molecule is CNC(=O)c1ccc(CN(C)C(=O)c2snnc2C)cc1. The molecule has 0 atom stereocenters. The Kier molecular flexibility index (Phi) is 4.64. The first-order chi connectivity index (χ1) is 10.0. The minimum absolute atomic E-state index is 0.0992. The van der Waals surface area contributed by atoms with Gasteiger partial charge in [-0.25, -0.2) is 0 Å². The molecule has 0 aliphatic carbocycles.